The number of tetrazole rings is 1. The van der Waals surface area contributed by atoms with E-state index in [9.17, 15) is 4.79 Å². The van der Waals surface area contributed by atoms with Gasteiger partial charge in [-0.3, -0.25) is 4.79 Å². The van der Waals surface area contributed by atoms with E-state index in [-0.39, 0.29) is 11.8 Å². The van der Waals surface area contributed by atoms with Crippen molar-refractivity contribution in [2.45, 2.75) is 57.8 Å². The quantitative estimate of drug-likeness (QED) is 0.926. The molecule has 0 aromatic carbocycles. The van der Waals surface area contributed by atoms with Gasteiger partial charge in [0.1, 0.15) is 0 Å². The standard InChI is InChI=1S/C16H27N5O/c1-11(15-17-19-20-18-15)10-21(2)16(22)14-9-5-7-12-6-3-4-8-13(12)14/h11-14H,3-10H2,1-2H3,(H,17,18,19,20). The zero-order valence-electron chi connectivity index (χ0n) is 13.7. The van der Waals surface area contributed by atoms with Crippen molar-refractivity contribution in [1.29, 1.82) is 0 Å². The van der Waals surface area contributed by atoms with Crippen LogP contribution in [0.3, 0.4) is 0 Å². The fourth-order valence-electron chi connectivity index (χ4n) is 4.49. The summed E-state index contributed by atoms with van der Waals surface area (Å²) in [7, 11) is 1.92. The number of amides is 1. The number of aromatic nitrogens is 4. The maximum Gasteiger partial charge on any atom is 0.225 e. The molecule has 2 fully saturated rings. The van der Waals surface area contributed by atoms with E-state index in [0.29, 0.717) is 24.2 Å². The molecule has 0 spiro atoms. The van der Waals surface area contributed by atoms with Crippen molar-refractivity contribution in [3.63, 3.8) is 0 Å². The lowest BCUT2D eigenvalue weighted by Crippen LogP contribution is -2.43. The Kier molecular flexibility index (Phi) is 4.74. The molecule has 0 bridgehead atoms. The highest BCUT2D eigenvalue weighted by atomic mass is 16.2. The zero-order valence-corrected chi connectivity index (χ0v) is 13.7. The molecule has 1 amide bonds. The fraction of sp³-hybridized carbons (Fsp3) is 0.875. The largest absolute Gasteiger partial charge is 0.345 e. The number of nitrogens with zero attached hydrogens (tertiary/aromatic N) is 4. The molecule has 4 atom stereocenters. The SMILES string of the molecule is CC(CN(C)C(=O)C1CCCC2CCCCC21)c1nn[nH]n1. The third kappa shape index (κ3) is 3.15. The van der Waals surface area contributed by atoms with Crippen molar-refractivity contribution in [2.75, 3.05) is 13.6 Å². The smallest absolute Gasteiger partial charge is 0.225 e. The lowest BCUT2D eigenvalue weighted by atomic mass is 9.65. The van der Waals surface area contributed by atoms with Gasteiger partial charge in [-0.1, -0.05) is 44.2 Å². The second-order valence-corrected chi connectivity index (χ2v) is 7.14. The highest BCUT2D eigenvalue weighted by Gasteiger charge is 2.39. The van der Waals surface area contributed by atoms with E-state index in [0.717, 1.165) is 12.3 Å². The molecule has 1 heterocycles. The predicted molar refractivity (Wildman–Crippen MR) is 83.0 cm³/mol. The van der Waals surface area contributed by atoms with Crippen LogP contribution < -0.4 is 0 Å². The number of likely N-dealkylation sites (N-methyl/N-ethyl adjacent to an activating group) is 1. The van der Waals surface area contributed by atoms with Crippen molar-refractivity contribution < 1.29 is 4.79 Å². The maximum absolute atomic E-state index is 12.9. The Morgan fingerprint density at radius 1 is 1.27 bits per heavy atom. The third-order valence-corrected chi connectivity index (χ3v) is 5.62. The summed E-state index contributed by atoms with van der Waals surface area (Å²) < 4.78 is 0. The first kappa shape index (κ1) is 15.4. The number of rotatable bonds is 4. The van der Waals surface area contributed by atoms with Crippen molar-refractivity contribution >= 4 is 5.91 Å². The van der Waals surface area contributed by atoms with Gasteiger partial charge in [0.2, 0.25) is 5.91 Å². The van der Waals surface area contributed by atoms with E-state index in [1.165, 1.54) is 38.5 Å². The van der Waals surface area contributed by atoms with Crippen LogP contribution in [-0.2, 0) is 4.79 Å². The molecule has 6 nitrogen and oxygen atoms in total. The van der Waals surface area contributed by atoms with Crippen LogP contribution in [0.1, 0.15) is 63.6 Å². The van der Waals surface area contributed by atoms with Gasteiger partial charge in [0, 0.05) is 25.4 Å². The third-order valence-electron chi connectivity index (χ3n) is 5.62. The minimum absolute atomic E-state index is 0.110. The topological polar surface area (TPSA) is 74.8 Å². The minimum atomic E-state index is 0.110. The molecule has 2 saturated carbocycles. The van der Waals surface area contributed by atoms with E-state index in [2.05, 4.69) is 20.6 Å². The molecule has 1 N–H and O–H groups in total. The maximum atomic E-state index is 12.9. The minimum Gasteiger partial charge on any atom is -0.345 e. The first-order chi connectivity index (χ1) is 10.7. The molecule has 1 aromatic rings. The highest BCUT2D eigenvalue weighted by molar-refractivity contribution is 5.79. The molecule has 0 radical (unpaired) electrons. The van der Waals surface area contributed by atoms with Crippen LogP contribution in [0.2, 0.25) is 0 Å². The number of carbonyl (C=O) groups excluding carboxylic acids is 1. The normalized spacial score (nSPS) is 29.6. The van der Waals surface area contributed by atoms with Crippen LogP contribution in [0.5, 0.6) is 0 Å². The molecule has 1 aromatic heterocycles. The molecule has 6 heteroatoms. The molecular weight excluding hydrogens is 278 g/mol. The lowest BCUT2D eigenvalue weighted by molar-refractivity contribution is -0.139. The number of aromatic amines is 1. The summed E-state index contributed by atoms with van der Waals surface area (Å²) in [6.45, 7) is 2.70. The van der Waals surface area contributed by atoms with Crippen LogP contribution in [0, 0.1) is 17.8 Å². The van der Waals surface area contributed by atoms with Gasteiger partial charge in [0.15, 0.2) is 5.82 Å². The van der Waals surface area contributed by atoms with Gasteiger partial charge in [-0.2, -0.15) is 5.21 Å². The summed E-state index contributed by atoms with van der Waals surface area (Å²) in [4.78, 5) is 14.8. The molecule has 22 heavy (non-hydrogen) atoms. The summed E-state index contributed by atoms with van der Waals surface area (Å²) >= 11 is 0. The molecule has 122 valence electrons. The summed E-state index contributed by atoms with van der Waals surface area (Å²) in [6.07, 6.45) is 8.84. The van der Waals surface area contributed by atoms with E-state index < -0.39 is 0 Å². The van der Waals surface area contributed by atoms with Gasteiger partial charge in [0.05, 0.1) is 0 Å². The van der Waals surface area contributed by atoms with Crippen molar-refractivity contribution in [3.05, 3.63) is 5.82 Å². The average molecular weight is 305 g/mol. The number of hydrogen-bond donors (Lipinski definition) is 1. The summed E-state index contributed by atoms with van der Waals surface area (Å²) in [5.41, 5.74) is 0. The Morgan fingerprint density at radius 2 is 2.05 bits per heavy atom. The van der Waals surface area contributed by atoms with Crippen molar-refractivity contribution in [1.82, 2.24) is 25.5 Å². The van der Waals surface area contributed by atoms with Crippen LogP contribution in [0.15, 0.2) is 0 Å². The Morgan fingerprint density at radius 3 is 2.82 bits per heavy atom. The van der Waals surface area contributed by atoms with E-state index in [1.54, 1.807) is 0 Å². The van der Waals surface area contributed by atoms with Gasteiger partial charge in [0.25, 0.3) is 0 Å². The van der Waals surface area contributed by atoms with E-state index in [1.807, 2.05) is 18.9 Å². The van der Waals surface area contributed by atoms with Crippen LogP contribution in [0.4, 0.5) is 0 Å². The van der Waals surface area contributed by atoms with Gasteiger partial charge in [-0.05, 0) is 24.7 Å². The van der Waals surface area contributed by atoms with Gasteiger partial charge in [-0.15, -0.1) is 10.2 Å². The van der Waals surface area contributed by atoms with Crippen LogP contribution in [-0.4, -0.2) is 45.0 Å². The monoisotopic (exact) mass is 305 g/mol. The van der Waals surface area contributed by atoms with E-state index >= 15 is 0 Å². The zero-order chi connectivity index (χ0) is 15.5. The average Bonchev–Trinajstić information content (AvgIpc) is 3.08. The molecule has 0 saturated heterocycles. The number of fused-ring (bicyclic) bond motifs is 1. The molecular formula is C16H27N5O. The second-order valence-electron chi connectivity index (χ2n) is 7.14. The van der Waals surface area contributed by atoms with Gasteiger partial charge >= 0.3 is 0 Å². The lowest BCUT2D eigenvalue weighted by Gasteiger charge is -2.42. The summed E-state index contributed by atoms with van der Waals surface area (Å²) in [5.74, 6) is 2.77. The summed E-state index contributed by atoms with van der Waals surface area (Å²) in [5, 5.41) is 14.1. The molecule has 4 unspecified atom stereocenters. The Bertz CT molecular complexity index is 487. The van der Waals surface area contributed by atoms with E-state index in [4.69, 9.17) is 0 Å². The van der Waals surface area contributed by atoms with Crippen LogP contribution in [0.25, 0.3) is 0 Å². The number of carbonyl (C=O) groups is 1. The number of nitrogens with one attached hydrogen (secondary N) is 1. The molecule has 2 aliphatic carbocycles. The number of hydrogen-bond acceptors (Lipinski definition) is 4. The summed E-state index contributed by atoms with van der Waals surface area (Å²) in [6, 6.07) is 0. The molecule has 3 rings (SSSR count). The van der Waals surface area contributed by atoms with Gasteiger partial charge < -0.3 is 4.90 Å². The van der Waals surface area contributed by atoms with Crippen molar-refractivity contribution in [2.24, 2.45) is 17.8 Å². The fourth-order valence-corrected chi connectivity index (χ4v) is 4.49. The Balaban J connectivity index is 1.62. The van der Waals surface area contributed by atoms with Crippen molar-refractivity contribution in [3.8, 4) is 0 Å². The molecule has 0 aliphatic heterocycles. The Labute approximate surface area is 132 Å². The van der Waals surface area contributed by atoms with Crippen LogP contribution >= 0.6 is 0 Å². The molecule has 2 aliphatic rings. The first-order valence-electron chi connectivity index (χ1n) is 8.65. The first-order valence-corrected chi connectivity index (χ1v) is 8.65. The van der Waals surface area contributed by atoms with Gasteiger partial charge in [-0.25, -0.2) is 0 Å². The predicted octanol–water partition coefficient (Wildman–Crippen LogP) is 2.37. The second kappa shape index (κ2) is 6.75. The Hall–Kier alpha value is -1.46. The number of H-pyrrole nitrogens is 1. The highest BCUT2D eigenvalue weighted by Crippen LogP contribution is 2.44.